The van der Waals surface area contributed by atoms with E-state index < -0.39 is 0 Å². The highest BCUT2D eigenvalue weighted by molar-refractivity contribution is 6.00. The van der Waals surface area contributed by atoms with E-state index in [1.165, 1.54) is 0 Å². The van der Waals surface area contributed by atoms with Crippen LogP contribution in [0, 0.1) is 0 Å². The lowest BCUT2D eigenvalue weighted by molar-refractivity contribution is 0.0956. The van der Waals surface area contributed by atoms with Gasteiger partial charge in [-0.05, 0) is 38.5 Å². The Morgan fingerprint density at radius 1 is 1.43 bits per heavy atom. The van der Waals surface area contributed by atoms with E-state index in [0.717, 1.165) is 18.7 Å². The molecule has 3 N–H and O–H groups in total. The van der Waals surface area contributed by atoms with Crippen LogP contribution < -0.4 is 16.0 Å². The van der Waals surface area contributed by atoms with Gasteiger partial charge in [0.25, 0.3) is 5.91 Å². The molecule has 0 spiro atoms. The predicted octanol–water partition coefficient (Wildman–Crippen LogP) is 2.27. The Hall–Kier alpha value is -1.75. The minimum Gasteiger partial charge on any atom is -0.399 e. The molecular formula is C16H27N3O2. The third-order valence-electron chi connectivity index (χ3n) is 3.57. The lowest BCUT2D eigenvalue weighted by Crippen LogP contribution is -2.37. The molecule has 1 atom stereocenters. The summed E-state index contributed by atoms with van der Waals surface area (Å²) in [4.78, 5) is 14.4. The number of hydrogen-bond acceptors (Lipinski definition) is 4. The lowest BCUT2D eigenvalue weighted by atomic mass is 10.1. The zero-order valence-corrected chi connectivity index (χ0v) is 13.5. The van der Waals surface area contributed by atoms with Crippen LogP contribution in [-0.4, -0.2) is 38.8 Å². The number of carbonyl (C=O) groups excluding carboxylic acids is 1. The summed E-state index contributed by atoms with van der Waals surface area (Å²) in [6.07, 6.45) is 0.980. The van der Waals surface area contributed by atoms with Gasteiger partial charge in [0, 0.05) is 31.9 Å². The van der Waals surface area contributed by atoms with E-state index in [9.17, 15) is 4.79 Å². The number of benzene rings is 1. The van der Waals surface area contributed by atoms with Crippen molar-refractivity contribution in [3.05, 3.63) is 23.8 Å². The van der Waals surface area contributed by atoms with Crippen LogP contribution in [0.5, 0.6) is 0 Å². The summed E-state index contributed by atoms with van der Waals surface area (Å²) in [6.45, 7) is 8.11. The summed E-state index contributed by atoms with van der Waals surface area (Å²) < 4.78 is 5.19. The van der Waals surface area contributed by atoms with E-state index in [-0.39, 0.29) is 5.91 Å². The van der Waals surface area contributed by atoms with Gasteiger partial charge in [-0.3, -0.25) is 4.79 Å². The van der Waals surface area contributed by atoms with Crippen molar-refractivity contribution in [2.24, 2.45) is 0 Å². The van der Waals surface area contributed by atoms with Gasteiger partial charge in [0.2, 0.25) is 0 Å². The average Bonchev–Trinajstić information content (AvgIpc) is 2.47. The number of hydrogen-bond donors (Lipinski definition) is 2. The lowest BCUT2D eigenvalue weighted by Gasteiger charge is -2.32. The van der Waals surface area contributed by atoms with Gasteiger partial charge >= 0.3 is 0 Å². The van der Waals surface area contributed by atoms with Crippen LogP contribution in [-0.2, 0) is 4.74 Å². The maximum atomic E-state index is 12.3. The SMILES string of the molecule is CCNC(=O)c1ccc(N)cc1N(CCOC)C(C)CC. The minimum atomic E-state index is -0.0711. The Labute approximate surface area is 127 Å². The molecule has 0 fully saturated rings. The van der Waals surface area contributed by atoms with Crippen LogP contribution in [0.2, 0.25) is 0 Å². The number of methoxy groups -OCH3 is 1. The highest BCUT2D eigenvalue weighted by Crippen LogP contribution is 2.26. The standard InChI is InChI=1S/C16H27N3O2/c1-5-12(3)19(9-10-21-4)15-11-13(17)7-8-14(15)16(20)18-6-2/h7-8,11-12H,5-6,9-10,17H2,1-4H3,(H,18,20). The summed E-state index contributed by atoms with van der Waals surface area (Å²) in [5, 5.41) is 2.85. The molecule has 0 aromatic heterocycles. The molecule has 0 saturated heterocycles. The van der Waals surface area contributed by atoms with E-state index in [0.29, 0.717) is 30.4 Å². The second kappa shape index (κ2) is 8.52. The number of amides is 1. The van der Waals surface area contributed by atoms with Crippen molar-refractivity contribution in [1.29, 1.82) is 0 Å². The van der Waals surface area contributed by atoms with Crippen molar-refractivity contribution in [1.82, 2.24) is 5.32 Å². The van der Waals surface area contributed by atoms with Crippen molar-refractivity contribution >= 4 is 17.3 Å². The molecule has 1 aromatic rings. The molecule has 0 aliphatic rings. The molecular weight excluding hydrogens is 266 g/mol. The van der Waals surface area contributed by atoms with Gasteiger partial charge < -0.3 is 20.7 Å². The maximum Gasteiger partial charge on any atom is 0.253 e. The van der Waals surface area contributed by atoms with Crippen molar-refractivity contribution in [2.75, 3.05) is 37.4 Å². The second-order valence-electron chi connectivity index (χ2n) is 5.08. The summed E-state index contributed by atoms with van der Waals surface area (Å²) in [7, 11) is 1.68. The monoisotopic (exact) mass is 293 g/mol. The molecule has 0 saturated carbocycles. The molecule has 0 bridgehead atoms. The fourth-order valence-corrected chi connectivity index (χ4v) is 2.22. The summed E-state index contributed by atoms with van der Waals surface area (Å²) in [5.41, 5.74) is 8.10. The van der Waals surface area contributed by atoms with Crippen molar-refractivity contribution < 1.29 is 9.53 Å². The van der Waals surface area contributed by atoms with Gasteiger partial charge in [0.05, 0.1) is 17.9 Å². The summed E-state index contributed by atoms with van der Waals surface area (Å²) in [5.74, 6) is -0.0711. The average molecular weight is 293 g/mol. The number of carbonyl (C=O) groups is 1. The molecule has 118 valence electrons. The van der Waals surface area contributed by atoms with Gasteiger partial charge in [-0.1, -0.05) is 6.92 Å². The van der Waals surface area contributed by atoms with Crippen LogP contribution >= 0.6 is 0 Å². The van der Waals surface area contributed by atoms with Crippen LogP contribution in [0.3, 0.4) is 0 Å². The Morgan fingerprint density at radius 2 is 2.14 bits per heavy atom. The number of anilines is 2. The Balaban J connectivity index is 3.20. The van der Waals surface area contributed by atoms with Crippen LogP contribution in [0.25, 0.3) is 0 Å². The first-order valence-corrected chi connectivity index (χ1v) is 7.48. The largest absolute Gasteiger partial charge is 0.399 e. The quantitative estimate of drug-likeness (QED) is 0.722. The third kappa shape index (κ3) is 4.63. The zero-order chi connectivity index (χ0) is 15.8. The van der Waals surface area contributed by atoms with Crippen molar-refractivity contribution in [3.8, 4) is 0 Å². The summed E-state index contributed by atoms with van der Waals surface area (Å²) in [6, 6.07) is 5.72. The Bertz CT molecular complexity index is 463. The van der Waals surface area contributed by atoms with Gasteiger partial charge in [-0.15, -0.1) is 0 Å². The molecule has 21 heavy (non-hydrogen) atoms. The first-order valence-electron chi connectivity index (χ1n) is 7.48. The number of nitrogens with zero attached hydrogens (tertiary/aromatic N) is 1. The van der Waals surface area contributed by atoms with Crippen LogP contribution in [0.1, 0.15) is 37.6 Å². The second-order valence-corrected chi connectivity index (χ2v) is 5.08. The molecule has 0 radical (unpaired) electrons. The van der Waals surface area contributed by atoms with E-state index >= 15 is 0 Å². The van der Waals surface area contributed by atoms with Crippen molar-refractivity contribution in [3.63, 3.8) is 0 Å². The summed E-state index contributed by atoms with van der Waals surface area (Å²) >= 11 is 0. The Kier molecular flexibility index (Phi) is 7.02. The number of nitrogens with one attached hydrogen (secondary N) is 1. The fraction of sp³-hybridized carbons (Fsp3) is 0.562. The first kappa shape index (κ1) is 17.3. The molecule has 0 aliphatic carbocycles. The van der Waals surface area contributed by atoms with Gasteiger partial charge in [-0.25, -0.2) is 0 Å². The number of rotatable bonds is 8. The Morgan fingerprint density at radius 3 is 2.71 bits per heavy atom. The predicted molar refractivity (Wildman–Crippen MR) is 87.8 cm³/mol. The van der Waals surface area contributed by atoms with Crippen LogP contribution in [0.15, 0.2) is 18.2 Å². The highest BCUT2D eigenvalue weighted by Gasteiger charge is 2.20. The van der Waals surface area contributed by atoms with E-state index in [4.69, 9.17) is 10.5 Å². The molecule has 5 heteroatoms. The van der Waals surface area contributed by atoms with Gasteiger partial charge in [0.1, 0.15) is 0 Å². The normalized spacial score (nSPS) is 12.0. The number of nitrogen functional groups attached to an aromatic ring is 1. The van der Waals surface area contributed by atoms with Crippen molar-refractivity contribution in [2.45, 2.75) is 33.2 Å². The third-order valence-corrected chi connectivity index (χ3v) is 3.57. The molecule has 5 nitrogen and oxygen atoms in total. The molecule has 1 amide bonds. The van der Waals surface area contributed by atoms with E-state index in [1.54, 1.807) is 19.2 Å². The van der Waals surface area contributed by atoms with Gasteiger partial charge in [-0.2, -0.15) is 0 Å². The molecule has 0 heterocycles. The molecule has 1 unspecified atom stereocenters. The topological polar surface area (TPSA) is 67.6 Å². The van der Waals surface area contributed by atoms with Gasteiger partial charge in [0.15, 0.2) is 0 Å². The van der Waals surface area contributed by atoms with E-state index in [1.807, 2.05) is 13.0 Å². The smallest absolute Gasteiger partial charge is 0.253 e. The molecule has 0 aliphatic heterocycles. The molecule has 1 rings (SSSR count). The molecule has 1 aromatic carbocycles. The zero-order valence-electron chi connectivity index (χ0n) is 13.5. The number of ether oxygens (including phenoxy) is 1. The first-order chi connectivity index (χ1) is 10.0. The van der Waals surface area contributed by atoms with E-state index in [2.05, 4.69) is 24.1 Å². The number of nitrogens with two attached hydrogens (primary N) is 1. The minimum absolute atomic E-state index is 0.0711. The fourth-order valence-electron chi connectivity index (χ4n) is 2.22. The highest BCUT2D eigenvalue weighted by atomic mass is 16.5. The van der Waals surface area contributed by atoms with Crippen LogP contribution in [0.4, 0.5) is 11.4 Å². The maximum absolute atomic E-state index is 12.3.